The van der Waals surface area contributed by atoms with Crippen LogP contribution in [0.15, 0.2) is 0 Å². The van der Waals surface area contributed by atoms with Gasteiger partial charge in [0, 0.05) is 6.04 Å². The standard InChI is InChI=1S/C13H25N3O/c1-4-5-12-13(17)16(10(2)14-12)11-6-8-15(3)9-7-11/h10-12,14H,4-9H2,1-3H3. The Bertz CT molecular complexity index is 274. The summed E-state index contributed by atoms with van der Waals surface area (Å²) in [5.74, 6) is 0.328. The van der Waals surface area contributed by atoms with E-state index >= 15 is 0 Å². The van der Waals surface area contributed by atoms with Crippen molar-refractivity contribution in [3.05, 3.63) is 0 Å². The van der Waals surface area contributed by atoms with Crippen LogP contribution in [0.25, 0.3) is 0 Å². The second-order valence-corrected chi connectivity index (χ2v) is 5.46. The number of nitrogens with one attached hydrogen (secondary N) is 1. The van der Waals surface area contributed by atoms with Gasteiger partial charge in [0.2, 0.25) is 5.91 Å². The minimum absolute atomic E-state index is 0.0645. The number of amides is 1. The fourth-order valence-electron chi connectivity index (χ4n) is 3.08. The predicted octanol–water partition coefficient (Wildman–Crippen LogP) is 1.03. The average molecular weight is 239 g/mol. The lowest BCUT2D eigenvalue weighted by Gasteiger charge is -2.37. The van der Waals surface area contributed by atoms with Crippen LogP contribution in [0.5, 0.6) is 0 Å². The Hall–Kier alpha value is -0.610. The van der Waals surface area contributed by atoms with Gasteiger partial charge in [0.05, 0.1) is 12.2 Å². The van der Waals surface area contributed by atoms with Crippen molar-refractivity contribution < 1.29 is 4.79 Å². The van der Waals surface area contributed by atoms with Gasteiger partial charge in [-0.1, -0.05) is 13.3 Å². The van der Waals surface area contributed by atoms with Gasteiger partial charge in [-0.3, -0.25) is 10.1 Å². The van der Waals surface area contributed by atoms with Crippen molar-refractivity contribution in [3.63, 3.8) is 0 Å². The minimum Gasteiger partial charge on any atom is -0.323 e. The van der Waals surface area contributed by atoms with Crippen LogP contribution < -0.4 is 5.32 Å². The van der Waals surface area contributed by atoms with E-state index < -0.39 is 0 Å². The summed E-state index contributed by atoms with van der Waals surface area (Å²) in [6, 6.07) is 0.512. The number of carbonyl (C=O) groups excluding carboxylic acids is 1. The Morgan fingerprint density at radius 2 is 2.00 bits per heavy atom. The monoisotopic (exact) mass is 239 g/mol. The normalized spacial score (nSPS) is 32.4. The van der Waals surface area contributed by atoms with E-state index in [0.29, 0.717) is 11.9 Å². The topological polar surface area (TPSA) is 35.6 Å². The van der Waals surface area contributed by atoms with Crippen LogP contribution >= 0.6 is 0 Å². The number of hydrogen-bond donors (Lipinski definition) is 1. The first-order valence-electron chi connectivity index (χ1n) is 6.90. The number of nitrogens with zero attached hydrogens (tertiary/aromatic N) is 2. The number of likely N-dealkylation sites (tertiary alicyclic amines) is 1. The van der Waals surface area contributed by atoms with E-state index in [9.17, 15) is 4.79 Å². The third-order valence-electron chi connectivity index (χ3n) is 4.07. The quantitative estimate of drug-likeness (QED) is 0.799. The van der Waals surface area contributed by atoms with Crippen LogP contribution in [0.2, 0.25) is 0 Å². The van der Waals surface area contributed by atoms with Gasteiger partial charge in [-0.25, -0.2) is 0 Å². The molecule has 98 valence electrons. The summed E-state index contributed by atoms with van der Waals surface area (Å²) in [7, 11) is 2.16. The molecule has 2 aliphatic heterocycles. The summed E-state index contributed by atoms with van der Waals surface area (Å²) in [4.78, 5) is 16.8. The molecule has 0 saturated carbocycles. The van der Waals surface area contributed by atoms with Gasteiger partial charge in [-0.05, 0) is 46.3 Å². The molecule has 0 aliphatic carbocycles. The van der Waals surface area contributed by atoms with Crippen molar-refractivity contribution in [2.45, 2.75) is 57.8 Å². The third kappa shape index (κ3) is 2.63. The van der Waals surface area contributed by atoms with E-state index in [1.165, 1.54) is 0 Å². The lowest BCUT2D eigenvalue weighted by atomic mass is 10.0. The van der Waals surface area contributed by atoms with Crippen molar-refractivity contribution in [2.24, 2.45) is 0 Å². The maximum Gasteiger partial charge on any atom is 0.241 e. The lowest BCUT2D eigenvalue weighted by Crippen LogP contribution is -2.48. The van der Waals surface area contributed by atoms with Gasteiger partial charge in [0.15, 0.2) is 0 Å². The van der Waals surface area contributed by atoms with Gasteiger partial charge >= 0.3 is 0 Å². The zero-order valence-corrected chi connectivity index (χ0v) is 11.3. The Morgan fingerprint density at radius 3 is 2.59 bits per heavy atom. The molecule has 2 saturated heterocycles. The fourth-order valence-corrected chi connectivity index (χ4v) is 3.08. The summed E-state index contributed by atoms with van der Waals surface area (Å²) < 4.78 is 0. The largest absolute Gasteiger partial charge is 0.323 e. The van der Waals surface area contributed by atoms with Crippen LogP contribution in [-0.4, -0.2) is 54.1 Å². The number of hydrogen-bond acceptors (Lipinski definition) is 3. The SMILES string of the molecule is CCCC1NC(C)N(C2CCN(C)CC2)C1=O. The van der Waals surface area contributed by atoms with Crippen molar-refractivity contribution in [1.82, 2.24) is 15.1 Å². The molecule has 0 bridgehead atoms. The van der Waals surface area contributed by atoms with Crippen molar-refractivity contribution >= 4 is 5.91 Å². The summed E-state index contributed by atoms with van der Waals surface area (Å²) in [6.07, 6.45) is 4.48. The number of rotatable bonds is 3. The van der Waals surface area contributed by atoms with Crippen LogP contribution in [0.3, 0.4) is 0 Å². The van der Waals surface area contributed by atoms with E-state index in [1.54, 1.807) is 0 Å². The van der Waals surface area contributed by atoms with Crippen molar-refractivity contribution in [1.29, 1.82) is 0 Å². The lowest BCUT2D eigenvalue weighted by molar-refractivity contribution is -0.133. The van der Waals surface area contributed by atoms with Gasteiger partial charge in [0.1, 0.15) is 0 Å². The first-order chi connectivity index (χ1) is 8.13. The Morgan fingerprint density at radius 1 is 1.35 bits per heavy atom. The predicted molar refractivity (Wildman–Crippen MR) is 68.7 cm³/mol. The summed E-state index contributed by atoms with van der Waals surface area (Å²) >= 11 is 0. The molecule has 4 heteroatoms. The highest BCUT2D eigenvalue weighted by molar-refractivity contribution is 5.84. The molecule has 2 rings (SSSR count). The fraction of sp³-hybridized carbons (Fsp3) is 0.923. The van der Waals surface area contributed by atoms with Gasteiger partial charge in [-0.15, -0.1) is 0 Å². The molecule has 1 amide bonds. The van der Waals surface area contributed by atoms with Crippen molar-refractivity contribution in [3.8, 4) is 0 Å². The molecule has 0 radical (unpaired) electrons. The Labute approximate surface area is 104 Å². The minimum atomic E-state index is 0.0645. The molecular formula is C13H25N3O. The van der Waals surface area contributed by atoms with E-state index in [4.69, 9.17) is 0 Å². The molecular weight excluding hydrogens is 214 g/mol. The van der Waals surface area contributed by atoms with E-state index in [2.05, 4.69) is 36.0 Å². The number of piperidine rings is 1. The molecule has 0 aromatic carbocycles. The maximum absolute atomic E-state index is 12.3. The van der Waals surface area contributed by atoms with Gasteiger partial charge < -0.3 is 9.80 Å². The van der Waals surface area contributed by atoms with Crippen LogP contribution in [0, 0.1) is 0 Å². The molecule has 2 aliphatic rings. The molecule has 17 heavy (non-hydrogen) atoms. The highest BCUT2D eigenvalue weighted by atomic mass is 16.2. The van der Waals surface area contributed by atoms with Crippen LogP contribution in [0.1, 0.15) is 39.5 Å². The second kappa shape index (κ2) is 5.36. The zero-order valence-electron chi connectivity index (χ0n) is 11.3. The first kappa shape index (κ1) is 12.8. The molecule has 2 atom stereocenters. The molecule has 0 aromatic heterocycles. The number of carbonyl (C=O) groups is 1. The molecule has 0 aromatic rings. The molecule has 4 nitrogen and oxygen atoms in total. The Balaban J connectivity index is 1.98. The highest BCUT2D eigenvalue weighted by Crippen LogP contribution is 2.23. The van der Waals surface area contributed by atoms with Crippen molar-refractivity contribution in [2.75, 3.05) is 20.1 Å². The van der Waals surface area contributed by atoms with E-state index in [0.717, 1.165) is 38.8 Å². The average Bonchev–Trinajstić information content (AvgIpc) is 2.57. The third-order valence-corrected chi connectivity index (χ3v) is 4.07. The zero-order chi connectivity index (χ0) is 12.4. The van der Waals surface area contributed by atoms with Crippen LogP contribution in [-0.2, 0) is 4.79 Å². The first-order valence-corrected chi connectivity index (χ1v) is 6.90. The smallest absolute Gasteiger partial charge is 0.241 e. The molecule has 2 fully saturated rings. The second-order valence-electron chi connectivity index (χ2n) is 5.46. The van der Waals surface area contributed by atoms with E-state index in [1.807, 2.05) is 0 Å². The Kier molecular flexibility index (Phi) is 4.05. The van der Waals surface area contributed by atoms with Crippen LogP contribution in [0.4, 0.5) is 0 Å². The molecule has 2 unspecified atom stereocenters. The summed E-state index contributed by atoms with van der Waals surface area (Å²) in [5.41, 5.74) is 0. The van der Waals surface area contributed by atoms with Gasteiger partial charge in [0.25, 0.3) is 0 Å². The molecule has 2 heterocycles. The maximum atomic E-state index is 12.3. The highest BCUT2D eigenvalue weighted by Gasteiger charge is 2.40. The summed E-state index contributed by atoms with van der Waals surface area (Å²) in [5, 5.41) is 3.43. The molecule has 1 N–H and O–H groups in total. The summed E-state index contributed by atoms with van der Waals surface area (Å²) in [6.45, 7) is 6.48. The van der Waals surface area contributed by atoms with E-state index in [-0.39, 0.29) is 12.2 Å². The van der Waals surface area contributed by atoms with Gasteiger partial charge in [-0.2, -0.15) is 0 Å². The molecule has 0 spiro atoms.